The van der Waals surface area contributed by atoms with Crippen molar-refractivity contribution in [1.82, 2.24) is 0 Å². The van der Waals surface area contributed by atoms with Gasteiger partial charge < -0.3 is 5.73 Å². The van der Waals surface area contributed by atoms with Crippen molar-refractivity contribution in [1.29, 1.82) is 0 Å². The molecule has 94 valence electrons. The van der Waals surface area contributed by atoms with Gasteiger partial charge >= 0.3 is 0 Å². The van der Waals surface area contributed by atoms with Crippen LogP contribution in [0.1, 0.15) is 30.4 Å². The van der Waals surface area contributed by atoms with Crippen LogP contribution in [0.15, 0.2) is 23.1 Å². The van der Waals surface area contributed by atoms with Gasteiger partial charge in [0.1, 0.15) is 0 Å². The summed E-state index contributed by atoms with van der Waals surface area (Å²) in [7, 11) is -3.25. The van der Waals surface area contributed by atoms with Gasteiger partial charge in [0, 0.05) is 6.04 Å². The van der Waals surface area contributed by atoms with E-state index in [2.05, 4.69) is 0 Å². The van der Waals surface area contributed by atoms with E-state index in [0.29, 0.717) is 11.3 Å². The molecule has 2 unspecified atom stereocenters. The summed E-state index contributed by atoms with van der Waals surface area (Å²) < 4.78 is 24.9. The predicted molar refractivity (Wildman–Crippen MR) is 68.7 cm³/mol. The van der Waals surface area contributed by atoms with Crippen LogP contribution < -0.4 is 5.73 Å². The molecular weight excluding hydrogens is 234 g/mol. The van der Waals surface area contributed by atoms with E-state index in [1.807, 2.05) is 19.9 Å². The van der Waals surface area contributed by atoms with Crippen molar-refractivity contribution in [3.05, 3.63) is 29.3 Å². The van der Waals surface area contributed by atoms with E-state index in [0.717, 1.165) is 24.0 Å². The van der Waals surface area contributed by atoms with E-state index < -0.39 is 15.1 Å². The van der Waals surface area contributed by atoms with Crippen molar-refractivity contribution in [3.63, 3.8) is 0 Å². The number of sulfone groups is 1. The van der Waals surface area contributed by atoms with Gasteiger partial charge in [-0.15, -0.1) is 0 Å². The van der Waals surface area contributed by atoms with Crippen LogP contribution in [-0.2, 0) is 9.84 Å². The highest BCUT2D eigenvalue weighted by atomic mass is 32.2. The summed E-state index contributed by atoms with van der Waals surface area (Å²) in [6.07, 6.45) is 2.42. The van der Waals surface area contributed by atoms with Crippen molar-refractivity contribution in [3.8, 4) is 0 Å². The lowest BCUT2D eigenvalue weighted by Gasteiger charge is -2.17. The Balaban J connectivity index is 2.41. The Labute approximate surface area is 103 Å². The Morgan fingerprint density at radius 2 is 1.88 bits per heavy atom. The first-order valence-corrected chi connectivity index (χ1v) is 7.54. The van der Waals surface area contributed by atoms with E-state index in [-0.39, 0.29) is 6.04 Å². The van der Waals surface area contributed by atoms with Crippen LogP contribution in [0.3, 0.4) is 0 Å². The number of aryl methyl sites for hydroxylation is 2. The average Bonchev–Trinajstić information content (AvgIpc) is 2.69. The molecule has 0 aromatic heterocycles. The van der Waals surface area contributed by atoms with Crippen LogP contribution in [0.4, 0.5) is 0 Å². The van der Waals surface area contributed by atoms with Crippen LogP contribution in [0, 0.1) is 13.8 Å². The van der Waals surface area contributed by atoms with E-state index in [4.69, 9.17) is 5.73 Å². The Bertz CT molecular complexity index is 522. The fraction of sp³-hybridized carbons (Fsp3) is 0.538. The summed E-state index contributed by atoms with van der Waals surface area (Å²) in [6.45, 7) is 3.91. The quantitative estimate of drug-likeness (QED) is 0.876. The molecule has 3 nitrogen and oxygen atoms in total. The molecule has 0 saturated heterocycles. The summed E-state index contributed by atoms with van der Waals surface area (Å²) in [5.41, 5.74) is 8.01. The fourth-order valence-corrected chi connectivity index (χ4v) is 4.43. The van der Waals surface area contributed by atoms with E-state index >= 15 is 0 Å². The normalized spacial score (nSPS) is 25.1. The second-order valence-corrected chi connectivity index (χ2v) is 7.09. The molecule has 2 N–H and O–H groups in total. The molecule has 0 aliphatic heterocycles. The van der Waals surface area contributed by atoms with Crippen LogP contribution in [0.2, 0.25) is 0 Å². The van der Waals surface area contributed by atoms with Crippen molar-refractivity contribution in [2.45, 2.75) is 49.3 Å². The largest absolute Gasteiger partial charge is 0.327 e. The number of nitrogens with two attached hydrogens (primary N) is 1. The Morgan fingerprint density at radius 1 is 1.18 bits per heavy atom. The molecular formula is C13H19NO2S. The molecule has 17 heavy (non-hydrogen) atoms. The van der Waals surface area contributed by atoms with Crippen molar-refractivity contribution >= 4 is 9.84 Å². The van der Waals surface area contributed by atoms with Crippen molar-refractivity contribution < 1.29 is 8.42 Å². The second kappa shape index (κ2) is 4.42. The Hall–Kier alpha value is -0.870. The maximum Gasteiger partial charge on any atom is 0.182 e. The standard InChI is InChI=1S/C13H19NO2S/c1-9-6-7-11(8-10(9)2)17(15,16)13-5-3-4-12(13)14/h6-8,12-13H,3-5,14H2,1-2H3. The topological polar surface area (TPSA) is 60.2 Å². The lowest BCUT2D eigenvalue weighted by molar-refractivity contribution is 0.568. The zero-order valence-electron chi connectivity index (χ0n) is 10.3. The maximum absolute atomic E-state index is 12.4. The molecule has 0 amide bonds. The van der Waals surface area contributed by atoms with Gasteiger partial charge in [-0.2, -0.15) is 0 Å². The molecule has 0 bridgehead atoms. The summed E-state index contributed by atoms with van der Waals surface area (Å²) in [5, 5.41) is -0.399. The van der Waals surface area contributed by atoms with Gasteiger partial charge in [0.25, 0.3) is 0 Å². The maximum atomic E-state index is 12.4. The first-order chi connectivity index (χ1) is 7.93. The van der Waals surface area contributed by atoms with Crippen molar-refractivity contribution in [2.24, 2.45) is 5.73 Å². The molecule has 1 aliphatic carbocycles. The summed E-state index contributed by atoms with van der Waals surface area (Å²) >= 11 is 0. The van der Waals surface area contributed by atoms with Gasteiger partial charge in [-0.25, -0.2) is 8.42 Å². The van der Waals surface area contributed by atoms with Gasteiger partial charge in [0.15, 0.2) is 9.84 Å². The SMILES string of the molecule is Cc1ccc(S(=O)(=O)C2CCCC2N)cc1C. The third kappa shape index (κ3) is 2.24. The minimum atomic E-state index is -3.25. The highest BCUT2D eigenvalue weighted by Crippen LogP contribution is 2.29. The fourth-order valence-electron chi connectivity index (χ4n) is 2.41. The molecule has 4 heteroatoms. The average molecular weight is 253 g/mol. The number of benzene rings is 1. The molecule has 1 fully saturated rings. The molecule has 1 aromatic rings. The third-order valence-electron chi connectivity index (χ3n) is 3.71. The van der Waals surface area contributed by atoms with Crippen LogP contribution >= 0.6 is 0 Å². The zero-order valence-corrected chi connectivity index (χ0v) is 11.1. The summed E-state index contributed by atoms with van der Waals surface area (Å²) in [6, 6.07) is 5.11. The summed E-state index contributed by atoms with van der Waals surface area (Å²) in [5.74, 6) is 0. The predicted octanol–water partition coefficient (Wildman–Crippen LogP) is 1.96. The van der Waals surface area contributed by atoms with Gasteiger partial charge in [0.05, 0.1) is 10.1 Å². The Morgan fingerprint density at radius 3 is 2.41 bits per heavy atom. The summed E-state index contributed by atoms with van der Waals surface area (Å²) in [4.78, 5) is 0.419. The number of hydrogen-bond acceptors (Lipinski definition) is 3. The highest BCUT2D eigenvalue weighted by molar-refractivity contribution is 7.92. The van der Waals surface area contributed by atoms with Gasteiger partial charge in [-0.1, -0.05) is 12.5 Å². The van der Waals surface area contributed by atoms with Gasteiger partial charge in [-0.3, -0.25) is 0 Å². The molecule has 0 heterocycles. The van der Waals surface area contributed by atoms with E-state index in [9.17, 15) is 8.42 Å². The second-order valence-electron chi connectivity index (χ2n) is 4.92. The first kappa shape index (κ1) is 12.6. The monoisotopic (exact) mass is 253 g/mol. The molecule has 2 rings (SSSR count). The lowest BCUT2D eigenvalue weighted by atomic mass is 10.1. The van der Waals surface area contributed by atoms with Crippen LogP contribution in [-0.4, -0.2) is 19.7 Å². The number of hydrogen-bond donors (Lipinski definition) is 1. The van der Waals surface area contributed by atoms with Crippen LogP contribution in [0.25, 0.3) is 0 Å². The molecule has 2 atom stereocenters. The van der Waals surface area contributed by atoms with Crippen LogP contribution in [0.5, 0.6) is 0 Å². The van der Waals surface area contributed by atoms with E-state index in [1.54, 1.807) is 12.1 Å². The van der Waals surface area contributed by atoms with Crippen molar-refractivity contribution in [2.75, 3.05) is 0 Å². The molecule has 1 aliphatic rings. The minimum Gasteiger partial charge on any atom is -0.327 e. The first-order valence-electron chi connectivity index (χ1n) is 5.99. The molecule has 0 radical (unpaired) electrons. The molecule has 1 saturated carbocycles. The van der Waals surface area contributed by atoms with Gasteiger partial charge in [0.2, 0.25) is 0 Å². The smallest absolute Gasteiger partial charge is 0.182 e. The molecule has 0 spiro atoms. The molecule has 1 aromatic carbocycles. The lowest BCUT2D eigenvalue weighted by Crippen LogP contribution is -2.35. The van der Waals surface area contributed by atoms with Gasteiger partial charge in [-0.05, 0) is 49.9 Å². The van der Waals surface area contributed by atoms with E-state index in [1.165, 1.54) is 0 Å². The highest BCUT2D eigenvalue weighted by Gasteiger charge is 2.36. The zero-order chi connectivity index (χ0) is 12.6. The number of rotatable bonds is 2. The third-order valence-corrected chi connectivity index (χ3v) is 6.00. The minimum absolute atomic E-state index is 0.207. The Kier molecular flexibility index (Phi) is 3.27.